The van der Waals surface area contributed by atoms with Crippen molar-refractivity contribution < 1.29 is 4.39 Å². The third-order valence-corrected chi connectivity index (χ3v) is 6.28. The van der Waals surface area contributed by atoms with Crippen molar-refractivity contribution in [3.63, 3.8) is 0 Å². The normalized spacial score (nSPS) is 11.7. The monoisotopic (exact) mass is 418 g/mol. The van der Waals surface area contributed by atoms with E-state index in [1.54, 1.807) is 23.5 Å². The Labute approximate surface area is 174 Å². The highest BCUT2D eigenvalue weighted by molar-refractivity contribution is 7.21. The van der Waals surface area contributed by atoms with Gasteiger partial charge in [0, 0.05) is 5.69 Å². The first-order chi connectivity index (χ1) is 14.2. The minimum absolute atomic E-state index is 0.272. The predicted molar refractivity (Wildman–Crippen MR) is 118 cm³/mol. The van der Waals surface area contributed by atoms with E-state index in [-0.39, 0.29) is 5.82 Å². The van der Waals surface area contributed by atoms with Gasteiger partial charge in [-0.05, 0) is 72.5 Å². The molecule has 0 saturated heterocycles. The molecule has 0 radical (unpaired) electrons. The third kappa shape index (κ3) is 3.50. The number of halogens is 1. The lowest BCUT2D eigenvalue weighted by atomic mass is 10.2. The van der Waals surface area contributed by atoms with Crippen LogP contribution in [0, 0.1) is 12.7 Å². The van der Waals surface area contributed by atoms with Gasteiger partial charge in [0.15, 0.2) is 5.82 Å². The van der Waals surface area contributed by atoms with E-state index in [0.29, 0.717) is 10.9 Å². The first kappa shape index (κ1) is 17.9. The molecule has 0 saturated carbocycles. The zero-order valence-electron chi connectivity index (χ0n) is 15.4. The van der Waals surface area contributed by atoms with Crippen LogP contribution in [0.2, 0.25) is 0 Å². The highest BCUT2D eigenvalue weighted by atomic mass is 32.1. The van der Waals surface area contributed by atoms with Crippen LogP contribution in [0.25, 0.3) is 26.5 Å². The molecule has 0 bridgehead atoms. The summed E-state index contributed by atoms with van der Waals surface area (Å²) in [5.41, 5.74) is 3.92. The Hall–Kier alpha value is -3.16. The van der Waals surface area contributed by atoms with E-state index in [4.69, 9.17) is 0 Å². The maximum absolute atomic E-state index is 13.4. The second-order valence-electron chi connectivity index (χ2n) is 6.53. The fraction of sp³-hybridized carbons (Fsp3) is 0.0455. The SMILES string of the molecule is Cc1ccc2nc(/N=N/c3ccc(-c4cccs4)n3-c3ccc(F)cc3)sc2c1. The molecule has 3 heterocycles. The number of hydrogen-bond donors (Lipinski definition) is 0. The maximum Gasteiger partial charge on any atom is 0.231 e. The summed E-state index contributed by atoms with van der Waals surface area (Å²) in [6.45, 7) is 2.06. The molecule has 0 aliphatic heterocycles. The van der Waals surface area contributed by atoms with Gasteiger partial charge in [0.1, 0.15) is 5.82 Å². The van der Waals surface area contributed by atoms with Gasteiger partial charge in [-0.15, -0.1) is 21.6 Å². The van der Waals surface area contributed by atoms with Crippen LogP contribution in [0.5, 0.6) is 0 Å². The molecule has 29 heavy (non-hydrogen) atoms. The van der Waals surface area contributed by atoms with E-state index in [1.165, 1.54) is 29.0 Å². The molecule has 0 unspecified atom stereocenters. The van der Waals surface area contributed by atoms with Gasteiger partial charge in [0.2, 0.25) is 5.13 Å². The molecule has 0 N–H and O–H groups in total. The van der Waals surface area contributed by atoms with Gasteiger partial charge in [0.25, 0.3) is 0 Å². The van der Waals surface area contributed by atoms with E-state index in [1.807, 2.05) is 40.3 Å². The van der Waals surface area contributed by atoms with Gasteiger partial charge in [-0.3, -0.25) is 4.57 Å². The van der Waals surface area contributed by atoms with Crippen LogP contribution in [0.4, 0.5) is 15.3 Å². The van der Waals surface area contributed by atoms with Gasteiger partial charge in [-0.1, -0.05) is 23.5 Å². The number of thiazole rings is 1. The van der Waals surface area contributed by atoms with E-state index in [9.17, 15) is 4.39 Å². The fourth-order valence-corrected chi connectivity index (χ4v) is 4.76. The summed E-state index contributed by atoms with van der Waals surface area (Å²) < 4.78 is 16.5. The molecule has 0 aliphatic carbocycles. The summed E-state index contributed by atoms with van der Waals surface area (Å²) in [5.74, 6) is 0.391. The minimum Gasteiger partial charge on any atom is -0.292 e. The molecule has 0 fully saturated rings. The number of aryl methyl sites for hydroxylation is 1. The quantitative estimate of drug-likeness (QED) is 0.276. The number of hydrogen-bond acceptors (Lipinski definition) is 5. The average molecular weight is 419 g/mol. The lowest BCUT2D eigenvalue weighted by molar-refractivity contribution is 0.627. The Bertz CT molecular complexity index is 1320. The molecule has 3 aromatic heterocycles. The summed E-state index contributed by atoms with van der Waals surface area (Å²) in [6.07, 6.45) is 0. The van der Waals surface area contributed by atoms with Crippen LogP contribution in [0.3, 0.4) is 0 Å². The average Bonchev–Trinajstić information content (AvgIpc) is 3.45. The lowest BCUT2D eigenvalue weighted by Crippen LogP contribution is -1.95. The number of fused-ring (bicyclic) bond motifs is 1. The van der Waals surface area contributed by atoms with E-state index in [2.05, 4.69) is 34.3 Å². The number of thiophene rings is 1. The van der Waals surface area contributed by atoms with Gasteiger partial charge in [-0.2, -0.15) is 0 Å². The minimum atomic E-state index is -0.272. The van der Waals surface area contributed by atoms with E-state index >= 15 is 0 Å². The van der Waals surface area contributed by atoms with Crippen molar-refractivity contribution in [1.29, 1.82) is 0 Å². The highest BCUT2D eigenvalue weighted by Gasteiger charge is 2.13. The van der Waals surface area contributed by atoms with Gasteiger partial charge < -0.3 is 0 Å². The predicted octanol–water partition coefficient (Wildman–Crippen LogP) is 7.68. The third-order valence-electron chi connectivity index (χ3n) is 4.49. The van der Waals surface area contributed by atoms with Crippen molar-refractivity contribution in [2.24, 2.45) is 10.2 Å². The lowest BCUT2D eigenvalue weighted by Gasteiger charge is -2.10. The molecule has 142 valence electrons. The van der Waals surface area contributed by atoms with Crippen LogP contribution in [-0.4, -0.2) is 9.55 Å². The van der Waals surface area contributed by atoms with Crippen molar-refractivity contribution in [1.82, 2.24) is 9.55 Å². The summed E-state index contributed by atoms with van der Waals surface area (Å²) in [4.78, 5) is 5.64. The standard InChI is InChI=1S/C22H15FN4S2/c1-14-4-9-17-20(13-14)29-22(24-17)26-25-21-11-10-18(19-3-2-12-28-19)27(21)16-7-5-15(23)6-8-16/h2-13H,1H3/b26-25+. The Morgan fingerprint density at radius 1 is 0.966 bits per heavy atom. The van der Waals surface area contributed by atoms with E-state index in [0.717, 1.165) is 26.5 Å². The van der Waals surface area contributed by atoms with Crippen molar-refractivity contribution in [3.8, 4) is 16.3 Å². The summed E-state index contributed by atoms with van der Waals surface area (Å²) >= 11 is 3.15. The van der Waals surface area contributed by atoms with E-state index < -0.39 is 0 Å². The highest BCUT2D eigenvalue weighted by Crippen LogP contribution is 2.35. The molecule has 0 amide bonds. The molecular formula is C22H15FN4S2. The van der Waals surface area contributed by atoms with Crippen LogP contribution in [0.15, 0.2) is 82.3 Å². The topological polar surface area (TPSA) is 42.5 Å². The molecule has 7 heteroatoms. The number of rotatable bonds is 4. The molecule has 0 atom stereocenters. The molecule has 5 aromatic rings. The Kier molecular flexibility index (Phi) is 4.54. The Balaban J connectivity index is 1.58. The molecule has 0 aliphatic rings. The zero-order valence-corrected chi connectivity index (χ0v) is 17.0. The second-order valence-corrected chi connectivity index (χ2v) is 8.49. The van der Waals surface area contributed by atoms with Gasteiger partial charge in [-0.25, -0.2) is 9.37 Å². The first-order valence-electron chi connectivity index (χ1n) is 8.98. The number of nitrogens with zero attached hydrogens (tertiary/aromatic N) is 4. The van der Waals surface area contributed by atoms with Crippen molar-refractivity contribution in [2.75, 3.05) is 0 Å². The maximum atomic E-state index is 13.4. The Morgan fingerprint density at radius 3 is 2.62 bits per heavy atom. The van der Waals surface area contributed by atoms with Gasteiger partial charge in [0.05, 0.1) is 20.8 Å². The zero-order chi connectivity index (χ0) is 19.8. The number of azo groups is 1. The largest absolute Gasteiger partial charge is 0.292 e. The van der Waals surface area contributed by atoms with Crippen LogP contribution < -0.4 is 0 Å². The van der Waals surface area contributed by atoms with Crippen LogP contribution in [-0.2, 0) is 0 Å². The molecular weight excluding hydrogens is 403 g/mol. The molecule has 2 aromatic carbocycles. The molecule has 0 spiro atoms. The van der Waals surface area contributed by atoms with Crippen molar-refractivity contribution in [3.05, 3.63) is 83.5 Å². The smallest absolute Gasteiger partial charge is 0.231 e. The number of aromatic nitrogens is 2. The van der Waals surface area contributed by atoms with Crippen LogP contribution >= 0.6 is 22.7 Å². The number of benzene rings is 2. The second kappa shape index (κ2) is 7.35. The van der Waals surface area contributed by atoms with Crippen LogP contribution in [0.1, 0.15) is 5.56 Å². The summed E-state index contributed by atoms with van der Waals surface area (Å²) in [5, 5.41) is 11.5. The summed E-state index contributed by atoms with van der Waals surface area (Å²) in [7, 11) is 0. The van der Waals surface area contributed by atoms with Crippen molar-refractivity contribution >= 4 is 43.8 Å². The summed E-state index contributed by atoms with van der Waals surface area (Å²) in [6, 6.07) is 20.5. The first-order valence-corrected chi connectivity index (χ1v) is 10.7. The van der Waals surface area contributed by atoms with Gasteiger partial charge >= 0.3 is 0 Å². The molecule has 4 nitrogen and oxygen atoms in total. The Morgan fingerprint density at radius 2 is 1.83 bits per heavy atom. The van der Waals surface area contributed by atoms with Crippen molar-refractivity contribution in [2.45, 2.75) is 6.92 Å². The fourth-order valence-electron chi connectivity index (χ4n) is 3.14. The molecule has 5 rings (SSSR count).